The smallest absolute Gasteiger partial charge is 0.275 e. The second-order valence-corrected chi connectivity index (χ2v) is 7.76. The van der Waals surface area contributed by atoms with Crippen molar-refractivity contribution in [1.82, 2.24) is 20.0 Å². The summed E-state index contributed by atoms with van der Waals surface area (Å²) >= 11 is 0. The van der Waals surface area contributed by atoms with Gasteiger partial charge in [-0.25, -0.2) is 10.4 Å². The number of nitrogens with one attached hydrogen (secondary N) is 2. The molecular formula is C21H27N7O2. The average molecular weight is 409 g/mol. The van der Waals surface area contributed by atoms with Crippen LogP contribution in [0.15, 0.2) is 36.6 Å². The summed E-state index contributed by atoms with van der Waals surface area (Å²) in [6.45, 7) is 9.20. The van der Waals surface area contributed by atoms with Gasteiger partial charge < -0.3 is 20.2 Å². The van der Waals surface area contributed by atoms with Gasteiger partial charge in [-0.3, -0.25) is 14.9 Å². The highest BCUT2D eigenvalue weighted by atomic mass is 16.2. The Morgan fingerprint density at radius 2 is 2.20 bits per heavy atom. The number of hydrazine groups is 1. The number of carbonyl (C=O) groups is 2. The minimum absolute atomic E-state index is 0.0524. The lowest BCUT2D eigenvalue weighted by Gasteiger charge is -2.33. The highest BCUT2D eigenvalue weighted by Gasteiger charge is 2.31. The molecule has 4 rings (SSSR count). The molecule has 158 valence electrons. The maximum Gasteiger partial charge on any atom is 0.275 e. The molecular weight excluding hydrogens is 382 g/mol. The molecule has 2 aliphatic heterocycles. The third kappa shape index (κ3) is 3.21. The van der Waals surface area contributed by atoms with E-state index in [9.17, 15) is 9.59 Å². The lowest BCUT2D eigenvalue weighted by atomic mass is 10.1. The van der Waals surface area contributed by atoms with Crippen molar-refractivity contribution in [2.75, 3.05) is 30.4 Å². The SMILES string of the molecule is C=CC[C@H]1CN(C)c2cc(C(N)=O)cc3nc(NC(=O)C4=CC(C)NN4CC)n1c23. The molecule has 2 aromatic rings. The zero-order valence-electron chi connectivity index (χ0n) is 17.5. The van der Waals surface area contributed by atoms with Crippen molar-refractivity contribution < 1.29 is 9.59 Å². The monoisotopic (exact) mass is 409 g/mol. The van der Waals surface area contributed by atoms with E-state index in [1.165, 1.54) is 0 Å². The number of aromatic nitrogens is 2. The number of benzene rings is 1. The fourth-order valence-electron chi connectivity index (χ4n) is 4.26. The van der Waals surface area contributed by atoms with Crippen molar-refractivity contribution in [2.45, 2.75) is 32.4 Å². The van der Waals surface area contributed by atoms with Gasteiger partial charge in [0.15, 0.2) is 0 Å². The Kier molecular flexibility index (Phi) is 4.98. The van der Waals surface area contributed by atoms with Crippen molar-refractivity contribution in [2.24, 2.45) is 5.73 Å². The number of likely N-dealkylation sites (N-methyl/N-ethyl adjacent to an activating group) is 2. The van der Waals surface area contributed by atoms with Crippen LogP contribution in [0, 0.1) is 0 Å². The van der Waals surface area contributed by atoms with Crippen molar-refractivity contribution in [3.05, 3.63) is 42.1 Å². The molecule has 9 heteroatoms. The van der Waals surface area contributed by atoms with Crippen molar-refractivity contribution in [3.63, 3.8) is 0 Å². The lowest BCUT2D eigenvalue weighted by molar-refractivity contribution is -0.114. The van der Waals surface area contributed by atoms with Gasteiger partial charge >= 0.3 is 0 Å². The molecule has 0 saturated carbocycles. The molecule has 2 atom stereocenters. The first-order valence-corrected chi connectivity index (χ1v) is 10.1. The third-order valence-corrected chi connectivity index (χ3v) is 5.58. The third-order valence-electron chi connectivity index (χ3n) is 5.58. The van der Waals surface area contributed by atoms with Crippen LogP contribution in [0.3, 0.4) is 0 Å². The summed E-state index contributed by atoms with van der Waals surface area (Å²) in [5.41, 5.74) is 12.1. The lowest BCUT2D eigenvalue weighted by Crippen LogP contribution is -2.39. The number of allylic oxidation sites excluding steroid dienone is 1. The van der Waals surface area contributed by atoms with E-state index < -0.39 is 5.91 Å². The highest BCUT2D eigenvalue weighted by molar-refractivity contribution is 6.06. The van der Waals surface area contributed by atoms with Crippen molar-refractivity contribution in [1.29, 1.82) is 0 Å². The van der Waals surface area contributed by atoms with Gasteiger partial charge in [0.1, 0.15) is 5.70 Å². The number of nitrogens with two attached hydrogens (primary N) is 1. The fourth-order valence-corrected chi connectivity index (χ4v) is 4.26. The number of hydrogen-bond donors (Lipinski definition) is 3. The summed E-state index contributed by atoms with van der Waals surface area (Å²) in [6.07, 6.45) is 4.48. The van der Waals surface area contributed by atoms with Crippen LogP contribution in [-0.4, -0.2) is 52.6 Å². The first-order chi connectivity index (χ1) is 14.3. The van der Waals surface area contributed by atoms with Crippen LogP contribution in [0.25, 0.3) is 11.0 Å². The van der Waals surface area contributed by atoms with Crippen LogP contribution < -0.4 is 21.4 Å². The van der Waals surface area contributed by atoms with Gasteiger partial charge in [0.2, 0.25) is 11.9 Å². The maximum absolute atomic E-state index is 13.1. The zero-order chi connectivity index (χ0) is 21.6. The van der Waals surface area contributed by atoms with E-state index in [1.54, 1.807) is 12.1 Å². The first-order valence-electron chi connectivity index (χ1n) is 10.1. The van der Waals surface area contributed by atoms with Gasteiger partial charge in [0.05, 0.1) is 22.8 Å². The van der Waals surface area contributed by atoms with E-state index in [4.69, 9.17) is 5.73 Å². The molecule has 1 unspecified atom stereocenters. The van der Waals surface area contributed by atoms with Gasteiger partial charge in [0, 0.05) is 31.7 Å². The Morgan fingerprint density at radius 3 is 2.87 bits per heavy atom. The van der Waals surface area contributed by atoms with Gasteiger partial charge in [0.25, 0.3) is 5.91 Å². The summed E-state index contributed by atoms with van der Waals surface area (Å²) in [7, 11) is 1.97. The number of rotatable bonds is 6. The van der Waals surface area contributed by atoms with Crippen LogP contribution in [0.4, 0.5) is 11.6 Å². The maximum atomic E-state index is 13.1. The molecule has 30 heavy (non-hydrogen) atoms. The Balaban J connectivity index is 1.82. The Hall–Kier alpha value is -3.33. The van der Waals surface area contributed by atoms with Crippen molar-refractivity contribution in [3.8, 4) is 0 Å². The van der Waals surface area contributed by atoms with Crippen LogP contribution in [0.5, 0.6) is 0 Å². The average Bonchev–Trinajstić information content (AvgIpc) is 3.26. The molecule has 3 heterocycles. The minimum Gasteiger partial charge on any atom is -0.371 e. The first kappa shape index (κ1) is 20.0. The number of anilines is 2. The molecule has 2 amide bonds. The van der Waals surface area contributed by atoms with Gasteiger partial charge in [-0.2, -0.15) is 0 Å². The molecule has 1 aromatic carbocycles. The van der Waals surface area contributed by atoms with E-state index >= 15 is 0 Å². The summed E-state index contributed by atoms with van der Waals surface area (Å²) in [5.74, 6) is -0.285. The summed E-state index contributed by atoms with van der Waals surface area (Å²) in [4.78, 5) is 31.6. The summed E-state index contributed by atoms with van der Waals surface area (Å²) in [6, 6.07) is 3.59. The quantitative estimate of drug-likeness (QED) is 0.628. The Bertz CT molecular complexity index is 1070. The van der Waals surface area contributed by atoms with Crippen molar-refractivity contribution >= 4 is 34.5 Å². The topological polar surface area (TPSA) is 109 Å². The molecule has 9 nitrogen and oxygen atoms in total. The zero-order valence-corrected chi connectivity index (χ0v) is 17.5. The molecule has 0 fully saturated rings. The van der Waals surface area contributed by atoms with Crippen LogP contribution >= 0.6 is 0 Å². The molecule has 0 saturated heterocycles. The molecule has 0 spiro atoms. The van der Waals surface area contributed by atoms with Crippen LogP contribution in [-0.2, 0) is 4.79 Å². The predicted octanol–water partition coefficient (Wildman–Crippen LogP) is 1.75. The van der Waals surface area contributed by atoms with E-state index in [0.717, 1.165) is 17.6 Å². The number of imidazole rings is 1. The molecule has 0 bridgehead atoms. The Labute approximate surface area is 175 Å². The van der Waals surface area contributed by atoms with E-state index in [2.05, 4.69) is 27.2 Å². The van der Waals surface area contributed by atoms with Gasteiger partial charge in [-0.05, 0) is 38.5 Å². The van der Waals surface area contributed by atoms with E-state index in [-0.39, 0.29) is 18.0 Å². The second-order valence-electron chi connectivity index (χ2n) is 7.76. The van der Waals surface area contributed by atoms with E-state index in [1.807, 2.05) is 42.6 Å². The van der Waals surface area contributed by atoms with Crippen LogP contribution in [0.2, 0.25) is 0 Å². The van der Waals surface area contributed by atoms with Crippen LogP contribution in [0.1, 0.15) is 36.7 Å². The molecule has 2 aliphatic rings. The number of carbonyl (C=O) groups excluding carboxylic acids is 2. The van der Waals surface area contributed by atoms with Gasteiger partial charge in [-0.1, -0.05) is 6.08 Å². The highest BCUT2D eigenvalue weighted by Crippen LogP contribution is 2.39. The van der Waals surface area contributed by atoms with Gasteiger partial charge in [-0.15, -0.1) is 6.58 Å². The Morgan fingerprint density at radius 1 is 1.43 bits per heavy atom. The standard InChI is InChI=1S/C21H27N7O2/c1-5-7-14-11-26(4)16-10-13(19(22)29)9-15-18(16)28(14)21(23-15)24-20(30)17-8-12(3)25-27(17)6-2/h5,8-10,12,14,25H,1,6-7,11H2,2-4H3,(H2,22,29)(H,23,24,30)/t12?,14-/m0/s1. The summed E-state index contributed by atoms with van der Waals surface area (Å²) in [5, 5.41) is 4.81. The minimum atomic E-state index is -0.510. The number of nitrogens with zero attached hydrogens (tertiary/aromatic N) is 4. The number of primary amides is 1. The fraction of sp³-hybridized carbons (Fsp3) is 0.381. The van der Waals surface area contributed by atoms with E-state index in [0.29, 0.717) is 35.8 Å². The summed E-state index contributed by atoms with van der Waals surface area (Å²) < 4.78 is 2.04. The molecule has 0 radical (unpaired) electrons. The molecule has 1 aromatic heterocycles. The molecule has 4 N–H and O–H groups in total. The number of amides is 2. The second kappa shape index (κ2) is 7.49. The number of hydrogen-bond acceptors (Lipinski definition) is 6. The largest absolute Gasteiger partial charge is 0.371 e. The molecule has 0 aliphatic carbocycles. The predicted molar refractivity (Wildman–Crippen MR) is 117 cm³/mol. The normalized spacial score (nSPS) is 20.4.